The van der Waals surface area contributed by atoms with E-state index < -0.39 is 5.54 Å². The van der Waals surface area contributed by atoms with Crippen molar-refractivity contribution in [3.8, 4) is 5.75 Å². The van der Waals surface area contributed by atoms with Crippen LogP contribution in [0.5, 0.6) is 5.75 Å². The highest BCUT2D eigenvalue weighted by Crippen LogP contribution is 2.34. The van der Waals surface area contributed by atoms with Crippen LogP contribution in [0.15, 0.2) is 24.3 Å². The third kappa shape index (κ3) is 2.89. The fraction of sp³-hybridized carbons (Fsp3) is 0.562. The number of benzene rings is 1. The van der Waals surface area contributed by atoms with Crippen molar-refractivity contribution >= 4 is 5.97 Å². The molecule has 5 heteroatoms. The second-order valence-electron chi connectivity index (χ2n) is 5.17. The topological polar surface area (TPSA) is 50.8 Å². The van der Waals surface area contributed by atoms with Crippen LogP contribution >= 0.6 is 0 Å². The van der Waals surface area contributed by atoms with Gasteiger partial charge in [-0.25, -0.2) is 4.79 Å². The maximum Gasteiger partial charge on any atom is 0.330 e. The van der Waals surface area contributed by atoms with Crippen molar-refractivity contribution in [3.05, 3.63) is 29.8 Å². The molecule has 1 aromatic rings. The van der Waals surface area contributed by atoms with E-state index in [9.17, 15) is 4.79 Å². The molecule has 0 amide bonds. The van der Waals surface area contributed by atoms with E-state index in [1.807, 2.05) is 31.2 Å². The lowest BCUT2D eigenvalue weighted by molar-refractivity contribution is -0.157. The molecule has 0 saturated carbocycles. The van der Waals surface area contributed by atoms with E-state index in [0.717, 1.165) is 37.5 Å². The van der Waals surface area contributed by atoms with E-state index in [2.05, 4.69) is 10.2 Å². The molecule has 0 aliphatic carbocycles. The number of carbonyl (C=O) groups excluding carboxylic acids is 1. The summed E-state index contributed by atoms with van der Waals surface area (Å²) in [5, 5.41) is 3.32. The monoisotopic (exact) mass is 292 g/mol. The van der Waals surface area contributed by atoms with Crippen LogP contribution < -0.4 is 10.1 Å². The first kappa shape index (κ1) is 15.8. The second-order valence-corrected chi connectivity index (χ2v) is 5.17. The molecule has 0 aromatic heterocycles. The zero-order valence-electron chi connectivity index (χ0n) is 13.0. The molecule has 1 unspecified atom stereocenters. The van der Waals surface area contributed by atoms with Gasteiger partial charge in [0.2, 0.25) is 0 Å². The zero-order chi connectivity index (χ0) is 15.3. The molecule has 1 atom stereocenters. The molecule has 2 rings (SSSR count). The molecule has 1 N–H and O–H groups in total. The van der Waals surface area contributed by atoms with Crippen LogP contribution in [-0.2, 0) is 15.1 Å². The quantitative estimate of drug-likeness (QED) is 0.831. The number of hydrogen-bond acceptors (Lipinski definition) is 5. The summed E-state index contributed by atoms with van der Waals surface area (Å²) in [7, 11) is 3.09. The van der Waals surface area contributed by atoms with E-state index in [0.29, 0.717) is 6.42 Å². The van der Waals surface area contributed by atoms with Crippen molar-refractivity contribution in [2.24, 2.45) is 0 Å². The normalized spacial score (nSPS) is 18.8. The van der Waals surface area contributed by atoms with Crippen molar-refractivity contribution < 1.29 is 14.3 Å². The highest BCUT2D eigenvalue weighted by molar-refractivity contribution is 5.82. The first-order valence-electron chi connectivity index (χ1n) is 7.37. The molecule has 116 valence electrons. The molecular weight excluding hydrogens is 268 g/mol. The molecule has 0 spiro atoms. The lowest BCUT2D eigenvalue weighted by Gasteiger charge is -2.43. The Balaban J connectivity index is 2.44. The van der Waals surface area contributed by atoms with Crippen molar-refractivity contribution in [3.63, 3.8) is 0 Å². The van der Waals surface area contributed by atoms with Gasteiger partial charge in [0.1, 0.15) is 11.3 Å². The Labute approximate surface area is 126 Å². The number of hydrogen-bond donors (Lipinski definition) is 1. The molecule has 21 heavy (non-hydrogen) atoms. The van der Waals surface area contributed by atoms with Gasteiger partial charge in [-0.2, -0.15) is 0 Å². The van der Waals surface area contributed by atoms with Gasteiger partial charge in [0, 0.05) is 26.2 Å². The number of nitrogens with one attached hydrogen (secondary N) is 1. The smallest absolute Gasteiger partial charge is 0.330 e. The number of esters is 1. The van der Waals surface area contributed by atoms with E-state index in [1.54, 1.807) is 7.11 Å². The highest BCUT2D eigenvalue weighted by Gasteiger charge is 2.45. The summed E-state index contributed by atoms with van der Waals surface area (Å²) in [6, 6.07) is 7.71. The second kappa shape index (κ2) is 6.91. The number of ether oxygens (including phenoxy) is 2. The lowest BCUT2D eigenvalue weighted by atomic mass is 9.84. The summed E-state index contributed by atoms with van der Waals surface area (Å²) < 4.78 is 10.3. The van der Waals surface area contributed by atoms with Crippen LogP contribution in [0.25, 0.3) is 0 Å². The molecule has 1 aliphatic rings. The third-order valence-electron chi connectivity index (χ3n) is 4.26. The van der Waals surface area contributed by atoms with Crippen LogP contribution in [-0.4, -0.2) is 51.3 Å². The van der Waals surface area contributed by atoms with Crippen molar-refractivity contribution in [1.82, 2.24) is 10.2 Å². The summed E-state index contributed by atoms with van der Waals surface area (Å²) in [6.45, 7) is 5.46. The summed E-state index contributed by atoms with van der Waals surface area (Å²) >= 11 is 0. The minimum atomic E-state index is -0.719. The lowest BCUT2D eigenvalue weighted by Crippen LogP contribution is -2.58. The minimum absolute atomic E-state index is 0.197. The van der Waals surface area contributed by atoms with Gasteiger partial charge in [0.25, 0.3) is 0 Å². The Morgan fingerprint density at radius 3 is 2.33 bits per heavy atom. The van der Waals surface area contributed by atoms with Gasteiger partial charge in [-0.05, 0) is 24.1 Å². The Hall–Kier alpha value is -1.59. The van der Waals surface area contributed by atoms with Crippen LogP contribution in [0.3, 0.4) is 0 Å². The largest absolute Gasteiger partial charge is 0.497 e. The summed E-state index contributed by atoms with van der Waals surface area (Å²) in [5.74, 6) is 0.589. The van der Waals surface area contributed by atoms with E-state index in [4.69, 9.17) is 9.47 Å². The fourth-order valence-corrected chi connectivity index (χ4v) is 3.08. The number of rotatable bonds is 5. The van der Waals surface area contributed by atoms with Crippen molar-refractivity contribution in [2.45, 2.75) is 18.9 Å². The summed E-state index contributed by atoms with van der Waals surface area (Å²) in [4.78, 5) is 14.8. The SMILES string of the molecule is CCC(C(=O)OC)(c1ccc(OC)cc1)N1CCNCC1. The van der Waals surface area contributed by atoms with Crippen LogP contribution in [0.2, 0.25) is 0 Å². The molecule has 5 nitrogen and oxygen atoms in total. The third-order valence-corrected chi connectivity index (χ3v) is 4.26. The fourth-order valence-electron chi connectivity index (χ4n) is 3.08. The van der Waals surface area contributed by atoms with Gasteiger partial charge in [-0.15, -0.1) is 0 Å². The molecule has 1 aromatic carbocycles. The number of nitrogens with zero attached hydrogens (tertiary/aromatic N) is 1. The average molecular weight is 292 g/mol. The zero-order valence-corrected chi connectivity index (χ0v) is 13.0. The van der Waals surface area contributed by atoms with Gasteiger partial charge in [-0.1, -0.05) is 19.1 Å². The maximum absolute atomic E-state index is 12.6. The molecule has 1 heterocycles. The Morgan fingerprint density at radius 2 is 1.86 bits per heavy atom. The summed E-state index contributed by atoms with van der Waals surface area (Å²) in [6.07, 6.45) is 0.673. The molecule has 1 fully saturated rings. The first-order chi connectivity index (χ1) is 10.2. The molecule has 1 saturated heterocycles. The predicted molar refractivity (Wildman–Crippen MR) is 81.4 cm³/mol. The number of methoxy groups -OCH3 is 2. The number of piperazine rings is 1. The summed E-state index contributed by atoms with van der Waals surface area (Å²) in [5.41, 5.74) is 0.239. The van der Waals surface area contributed by atoms with E-state index >= 15 is 0 Å². The predicted octanol–water partition coefficient (Wildman–Crippen LogP) is 1.38. The minimum Gasteiger partial charge on any atom is -0.497 e. The molecular formula is C16H24N2O3. The van der Waals surface area contributed by atoms with Gasteiger partial charge < -0.3 is 14.8 Å². The molecule has 0 radical (unpaired) electrons. The van der Waals surface area contributed by atoms with Crippen molar-refractivity contribution in [1.29, 1.82) is 0 Å². The first-order valence-corrected chi connectivity index (χ1v) is 7.37. The van der Waals surface area contributed by atoms with Gasteiger partial charge >= 0.3 is 5.97 Å². The molecule has 0 bridgehead atoms. The van der Waals surface area contributed by atoms with Gasteiger partial charge in [0.15, 0.2) is 0 Å². The molecule has 1 aliphatic heterocycles. The van der Waals surface area contributed by atoms with E-state index in [-0.39, 0.29) is 5.97 Å². The number of carbonyl (C=O) groups is 1. The van der Waals surface area contributed by atoms with Crippen LogP contribution in [0, 0.1) is 0 Å². The van der Waals surface area contributed by atoms with Gasteiger partial charge in [-0.3, -0.25) is 4.90 Å². The van der Waals surface area contributed by atoms with E-state index in [1.165, 1.54) is 7.11 Å². The van der Waals surface area contributed by atoms with Crippen LogP contribution in [0.1, 0.15) is 18.9 Å². The standard InChI is InChI=1S/C16H24N2O3/c1-4-16(15(19)21-3,18-11-9-17-10-12-18)13-5-7-14(20-2)8-6-13/h5-8,17H,4,9-12H2,1-3H3. The Morgan fingerprint density at radius 1 is 1.24 bits per heavy atom. The van der Waals surface area contributed by atoms with Gasteiger partial charge in [0.05, 0.1) is 14.2 Å². The highest BCUT2D eigenvalue weighted by atomic mass is 16.5. The average Bonchev–Trinajstić information content (AvgIpc) is 2.57. The van der Waals surface area contributed by atoms with Crippen LogP contribution in [0.4, 0.5) is 0 Å². The Kier molecular flexibility index (Phi) is 5.20. The van der Waals surface area contributed by atoms with Crippen molar-refractivity contribution in [2.75, 3.05) is 40.4 Å². The maximum atomic E-state index is 12.6. The Bertz CT molecular complexity index is 469.